The number of hydrogen-bond acceptors (Lipinski definition) is 4. The van der Waals surface area contributed by atoms with E-state index in [4.69, 9.17) is 14.2 Å². The summed E-state index contributed by atoms with van der Waals surface area (Å²) in [6, 6.07) is 11.1. The Morgan fingerprint density at radius 2 is 1.82 bits per heavy atom. The Balaban J connectivity index is 1.71. The van der Waals surface area contributed by atoms with E-state index in [1.165, 1.54) is 22.3 Å². The minimum Gasteiger partial charge on any atom is -0.491 e. The van der Waals surface area contributed by atoms with Gasteiger partial charge in [0.05, 0.1) is 6.04 Å². The predicted molar refractivity (Wildman–Crippen MR) is 81.7 cm³/mol. The zero-order valence-electron chi connectivity index (χ0n) is 12.4. The van der Waals surface area contributed by atoms with Crippen LogP contribution in [0.3, 0.4) is 0 Å². The summed E-state index contributed by atoms with van der Waals surface area (Å²) in [6.07, 6.45) is 0. The van der Waals surface area contributed by atoms with E-state index in [1.807, 2.05) is 6.07 Å². The highest BCUT2D eigenvalue weighted by molar-refractivity contribution is 5.57. The maximum absolute atomic E-state index is 5.97. The number of fused-ring (bicyclic) bond motifs is 6. The van der Waals surface area contributed by atoms with Gasteiger partial charge in [-0.1, -0.05) is 23.8 Å². The Labute approximate surface area is 129 Å². The molecule has 0 saturated heterocycles. The molecule has 2 aromatic rings. The number of rotatable bonds is 0. The van der Waals surface area contributed by atoms with Gasteiger partial charge in [-0.2, -0.15) is 0 Å². The molecule has 4 heteroatoms. The molecule has 0 fully saturated rings. The Kier molecular flexibility index (Phi) is 2.47. The Morgan fingerprint density at radius 1 is 0.955 bits per heavy atom. The molecule has 0 spiro atoms. The molecular weight excluding hydrogens is 278 g/mol. The lowest BCUT2D eigenvalue weighted by molar-refractivity contribution is 0.173. The zero-order valence-corrected chi connectivity index (χ0v) is 12.4. The van der Waals surface area contributed by atoms with Gasteiger partial charge in [0.2, 0.25) is 6.79 Å². The molecule has 0 aliphatic carbocycles. The zero-order chi connectivity index (χ0) is 14.7. The smallest absolute Gasteiger partial charge is 0.231 e. The minimum atomic E-state index is 0.292. The number of aryl methyl sites for hydroxylation is 1. The molecule has 2 aromatic carbocycles. The van der Waals surface area contributed by atoms with E-state index in [0.717, 1.165) is 23.8 Å². The van der Waals surface area contributed by atoms with Crippen LogP contribution >= 0.6 is 0 Å². The number of ether oxygens (including phenoxy) is 3. The Bertz CT molecular complexity index is 771. The predicted octanol–water partition coefficient (Wildman–Crippen LogP) is 2.72. The van der Waals surface area contributed by atoms with Gasteiger partial charge in [-0.15, -0.1) is 0 Å². The lowest BCUT2D eigenvalue weighted by atomic mass is 9.78. The third-order valence-electron chi connectivity index (χ3n) is 4.85. The van der Waals surface area contributed by atoms with E-state index in [-0.39, 0.29) is 0 Å². The number of nitrogens with one attached hydrogen (secondary N) is 1. The second-order valence-electron chi connectivity index (χ2n) is 6.22. The van der Waals surface area contributed by atoms with E-state index in [0.29, 0.717) is 25.4 Å². The van der Waals surface area contributed by atoms with Gasteiger partial charge in [-0.05, 0) is 24.1 Å². The highest BCUT2D eigenvalue weighted by Gasteiger charge is 2.37. The van der Waals surface area contributed by atoms with Crippen molar-refractivity contribution in [2.24, 2.45) is 0 Å². The van der Waals surface area contributed by atoms with Crippen molar-refractivity contribution in [3.05, 3.63) is 52.6 Å². The van der Waals surface area contributed by atoms with Gasteiger partial charge in [0.1, 0.15) is 12.4 Å². The van der Waals surface area contributed by atoms with Crippen LogP contribution < -0.4 is 19.5 Å². The van der Waals surface area contributed by atoms with Crippen LogP contribution in [0.25, 0.3) is 0 Å². The Hall–Kier alpha value is -2.20. The summed E-state index contributed by atoms with van der Waals surface area (Å²) in [4.78, 5) is 0. The maximum atomic E-state index is 5.97. The highest BCUT2D eigenvalue weighted by atomic mass is 16.7. The van der Waals surface area contributed by atoms with Crippen LogP contribution in [0.4, 0.5) is 0 Å². The molecule has 0 aromatic heterocycles. The van der Waals surface area contributed by atoms with Crippen molar-refractivity contribution in [2.45, 2.75) is 25.4 Å². The van der Waals surface area contributed by atoms with Gasteiger partial charge >= 0.3 is 0 Å². The molecule has 1 N–H and O–H groups in total. The monoisotopic (exact) mass is 295 g/mol. The van der Waals surface area contributed by atoms with Crippen LogP contribution in [0.15, 0.2) is 30.3 Å². The van der Waals surface area contributed by atoms with E-state index < -0.39 is 0 Å². The molecule has 0 saturated carbocycles. The van der Waals surface area contributed by atoms with Crippen LogP contribution in [-0.4, -0.2) is 19.4 Å². The molecule has 22 heavy (non-hydrogen) atoms. The van der Waals surface area contributed by atoms with E-state index in [9.17, 15) is 0 Å². The molecule has 2 atom stereocenters. The van der Waals surface area contributed by atoms with Crippen LogP contribution in [0.1, 0.15) is 28.2 Å². The second-order valence-corrected chi connectivity index (χ2v) is 6.22. The molecule has 3 aliphatic heterocycles. The number of hydrogen-bond donors (Lipinski definition) is 1. The lowest BCUT2D eigenvalue weighted by Gasteiger charge is -2.39. The van der Waals surface area contributed by atoms with Crippen LogP contribution in [0.5, 0.6) is 17.2 Å². The topological polar surface area (TPSA) is 39.7 Å². The van der Waals surface area contributed by atoms with E-state index in [2.05, 4.69) is 36.5 Å². The normalized spacial score (nSPS) is 24.0. The van der Waals surface area contributed by atoms with Crippen LogP contribution in [0.2, 0.25) is 0 Å². The molecule has 4 nitrogen and oxygen atoms in total. The molecular formula is C18H17NO3. The summed E-state index contributed by atoms with van der Waals surface area (Å²) in [6.45, 7) is 4.03. The summed E-state index contributed by atoms with van der Waals surface area (Å²) >= 11 is 0. The van der Waals surface area contributed by atoms with Crippen molar-refractivity contribution in [1.29, 1.82) is 0 Å². The second kappa shape index (κ2) is 4.40. The highest BCUT2D eigenvalue weighted by Crippen LogP contribution is 2.47. The summed E-state index contributed by atoms with van der Waals surface area (Å²) in [7, 11) is 0. The van der Waals surface area contributed by atoms with E-state index >= 15 is 0 Å². The molecule has 112 valence electrons. The largest absolute Gasteiger partial charge is 0.491 e. The fraction of sp³-hybridized carbons (Fsp3) is 0.333. The summed E-state index contributed by atoms with van der Waals surface area (Å²) in [5, 5.41) is 3.61. The fourth-order valence-corrected chi connectivity index (χ4v) is 3.77. The van der Waals surface area contributed by atoms with E-state index in [1.54, 1.807) is 0 Å². The first-order valence-corrected chi connectivity index (χ1v) is 7.69. The van der Waals surface area contributed by atoms with Gasteiger partial charge < -0.3 is 19.5 Å². The molecule has 0 amide bonds. The quantitative estimate of drug-likeness (QED) is 0.811. The van der Waals surface area contributed by atoms with Crippen molar-refractivity contribution in [3.63, 3.8) is 0 Å². The summed E-state index contributed by atoms with van der Waals surface area (Å²) in [5.74, 6) is 2.83. The third-order valence-corrected chi connectivity index (χ3v) is 4.85. The standard InChI is InChI=1S/C18H17NO3/c1-10-2-3-11-7-19-14-8-20-15-6-17-16(21-9-22-17)5-13(15)18(14)12(11)4-10/h2-6,14,18-19H,7-9H2,1H3. The SMILES string of the molecule is Cc1ccc2c(c1)C1c3cc4c(cc3OCC1NC2)OCO4. The van der Waals surface area contributed by atoms with Crippen molar-refractivity contribution >= 4 is 0 Å². The first-order valence-electron chi connectivity index (χ1n) is 7.69. The summed E-state index contributed by atoms with van der Waals surface area (Å²) in [5.41, 5.74) is 5.28. The molecule has 5 rings (SSSR count). The molecule has 3 aliphatic rings. The first-order chi connectivity index (χ1) is 10.8. The van der Waals surface area contributed by atoms with Crippen molar-refractivity contribution in [3.8, 4) is 17.2 Å². The van der Waals surface area contributed by atoms with Gasteiger partial charge in [-0.3, -0.25) is 0 Å². The van der Waals surface area contributed by atoms with Gasteiger partial charge in [0.15, 0.2) is 11.5 Å². The molecule has 3 heterocycles. The lowest BCUT2D eigenvalue weighted by Crippen LogP contribution is -2.46. The first kappa shape index (κ1) is 12.4. The maximum Gasteiger partial charge on any atom is 0.231 e. The van der Waals surface area contributed by atoms with Crippen LogP contribution in [-0.2, 0) is 6.54 Å². The van der Waals surface area contributed by atoms with Crippen molar-refractivity contribution < 1.29 is 14.2 Å². The number of benzene rings is 2. The van der Waals surface area contributed by atoms with Gasteiger partial charge in [0.25, 0.3) is 0 Å². The Morgan fingerprint density at radius 3 is 2.73 bits per heavy atom. The summed E-state index contributed by atoms with van der Waals surface area (Å²) < 4.78 is 17.0. The third kappa shape index (κ3) is 1.67. The van der Waals surface area contributed by atoms with Crippen LogP contribution in [0, 0.1) is 6.92 Å². The van der Waals surface area contributed by atoms with Gasteiger partial charge in [-0.25, -0.2) is 0 Å². The minimum absolute atomic E-state index is 0.292. The molecule has 0 radical (unpaired) electrons. The fourth-order valence-electron chi connectivity index (χ4n) is 3.77. The molecule has 0 bridgehead atoms. The molecule has 2 unspecified atom stereocenters. The van der Waals surface area contributed by atoms with Crippen molar-refractivity contribution in [2.75, 3.05) is 13.4 Å². The average molecular weight is 295 g/mol. The van der Waals surface area contributed by atoms with Gasteiger partial charge in [0, 0.05) is 24.1 Å². The average Bonchev–Trinajstić information content (AvgIpc) is 2.99. The van der Waals surface area contributed by atoms with Crippen molar-refractivity contribution in [1.82, 2.24) is 5.32 Å².